The number of amides is 1. The largest absolute Gasteiger partial charge is 0.494 e. The first-order valence-corrected chi connectivity index (χ1v) is 10.2. The molecule has 0 saturated heterocycles. The molecule has 0 saturated carbocycles. The Morgan fingerprint density at radius 3 is 2.39 bits per heavy atom. The van der Waals surface area contributed by atoms with Gasteiger partial charge in [-0.25, -0.2) is 0 Å². The Morgan fingerprint density at radius 1 is 0.964 bits per heavy atom. The SMILES string of the molecule is CCOc1ccc(CN(C)C(=O)CCC(=O)c2ccc3c(c2)CCCC3)cc1. The summed E-state index contributed by atoms with van der Waals surface area (Å²) < 4.78 is 5.44. The quantitative estimate of drug-likeness (QED) is 0.631. The van der Waals surface area contributed by atoms with Gasteiger partial charge < -0.3 is 9.64 Å². The van der Waals surface area contributed by atoms with E-state index in [9.17, 15) is 9.59 Å². The summed E-state index contributed by atoms with van der Waals surface area (Å²) in [5, 5.41) is 0. The van der Waals surface area contributed by atoms with Gasteiger partial charge in [-0.05, 0) is 67.5 Å². The molecule has 4 nitrogen and oxygen atoms in total. The second-order valence-electron chi connectivity index (χ2n) is 7.44. The maximum Gasteiger partial charge on any atom is 0.223 e. The molecule has 0 spiro atoms. The minimum Gasteiger partial charge on any atom is -0.494 e. The molecule has 2 aromatic rings. The third-order valence-corrected chi connectivity index (χ3v) is 5.32. The number of hydrogen-bond acceptors (Lipinski definition) is 3. The lowest BCUT2D eigenvalue weighted by Crippen LogP contribution is -2.26. The average molecular weight is 380 g/mol. The molecule has 3 rings (SSSR count). The maximum absolute atomic E-state index is 12.5. The molecule has 28 heavy (non-hydrogen) atoms. The van der Waals surface area contributed by atoms with Crippen molar-refractivity contribution in [3.8, 4) is 5.75 Å². The van der Waals surface area contributed by atoms with Gasteiger partial charge in [0.05, 0.1) is 6.61 Å². The molecule has 1 aliphatic carbocycles. The monoisotopic (exact) mass is 379 g/mol. The molecule has 1 amide bonds. The van der Waals surface area contributed by atoms with Crippen LogP contribution in [0.3, 0.4) is 0 Å². The van der Waals surface area contributed by atoms with Crippen molar-refractivity contribution in [2.45, 2.75) is 52.0 Å². The number of carbonyl (C=O) groups excluding carboxylic acids is 2. The van der Waals surface area contributed by atoms with E-state index in [0.717, 1.165) is 29.7 Å². The van der Waals surface area contributed by atoms with Crippen LogP contribution in [0.1, 0.15) is 59.7 Å². The predicted molar refractivity (Wildman–Crippen MR) is 111 cm³/mol. The van der Waals surface area contributed by atoms with Gasteiger partial charge in [-0.1, -0.05) is 24.3 Å². The summed E-state index contributed by atoms with van der Waals surface area (Å²) in [6.07, 6.45) is 5.09. The zero-order valence-electron chi connectivity index (χ0n) is 16.9. The maximum atomic E-state index is 12.5. The Hall–Kier alpha value is -2.62. The zero-order valence-corrected chi connectivity index (χ0v) is 16.9. The first-order chi connectivity index (χ1) is 13.6. The first-order valence-electron chi connectivity index (χ1n) is 10.2. The Bertz CT molecular complexity index is 826. The number of carbonyl (C=O) groups is 2. The lowest BCUT2D eigenvalue weighted by molar-refractivity contribution is -0.130. The fraction of sp³-hybridized carbons (Fsp3) is 0.417. The first kappa shape index (κ1) is 20.1. The number of fused-ring (bicyclic) bond motifs is 1. The Balaban J connectivity index is 1.50. The molecular weight excluding hydrogens is 350 g/mol. The number of rotatable bonds is 8. The van der Waals surface area contributed by atoms with Crippen LogP contribution in [0.5, 0.6) is 5.75 Å². The number of ketones is 1. The standard InChI is InChI=1S/C24H29NO3/c1-3-28-22-12-8-18(9-13-22)17-25(2)24(27)15-14-23(26)21-11-10-19-6-4-5-7-20(19)16-21/h8-13,16H,3-7,14-15,17H2,1-2H3. The second kappa shape index (κ2) is 9.54. The third kappa shape index (κ3) is 5.22. The molecular formula is C24H29NO3. The van der Waals surface area contributed by atoms with Crippen molar-refractivity contribution in [2.24, 2.45) is 0 Å². The molecule has 0 aromatic heterocycles. The van der Waals surface area contributed by atoms with Gasteiger partial charge in [0, 0.05) is 32.0 Å². The van der Waals surface area contributed by atoms with Gasteiger partial charge in [0.15, 0.2) is 5.78 Å². The number of hydrogen-bond donors (Lipinski definition) is 0. The van der Waals surface area contributed by atoms with Crippen LogP contribution in [-0.2, 0) is 24.2 Å². The van der Waals surface area contributed by atoms with Crippen LogP contribution < -0.4 is 4.74 Å². The second-order valence-corrected chi connectivity index (χ2v) is 7.44. The van der Waals surface area contributed by atoms with Gasteiger partial charge in [0.2, 0.25) is 5.91 Å². The van der Waals surface area contributed by atoms with Crippen molar-refractivity contribution in [3.63, 3.8) is 0 Å². The zero-order chi connectivity index (χ0) is 19.9. The highest BCUT2D eigenvalue weighted by Gasteiger charge is 2.16. The minimum atomic E-state index is -0.0137. The molecule has 0 radical (unpaired) electrons. The normalized spacial score (nSPS) is 12.9. The van der Waals surface area contributed by atoms with Crippen LogP contribution in [0.2, 0.25) is 0 Å². The molecule has 1 aliphatic rings. The van der Waals surface area contributed by atoms with Gasteiger partial charge in [-0.2, -0.15) is 0 Å². The van der Waals surface area contributed by atoms with E-state index in [0.29, 0.717) is 13.2 Å². The average Bonchev–Trinajstić information content (AvgIpc) is 2.73. The van der Waals surface area contributed by atoms with Crippen LogP contribution in [0.4, 0.5) is 0 Å². The fourth-order valence-electron chi connectivity index (χ4n) is 3.68. The third-order valence-electron chi connectivity index (χ3n) is 5.32. The molecule has 0 N–H and O–H groups in total. The van der Waals surface area contributed by atoms with E-state index in [1.54, 1.807) is 11.9 Å². The highest BCUT2D eigenvalue weighted by molar-refractivity contribution is 5.98. The van der Waals surface area contributed by atoms with Crippen molar-refractivity contribution in [3.05, 3.63) is 64.7 Å². The molecule has 2 aromatic carbocycles. The molecule has 0 aliphatic heterocycles. The number of ether oxygens (including phenoxy) is 1. The summed E-state index contributed by atoms with van der Waals surface area (Å²) in [7, 11) is 1.78. The number of aryl methyl sites for hydroxylation is 2. The van der Waals surface area contributed by atoms with Gasteiger partial charge >= 0.3 is 0 Å². The minimum absolute atomic E-state index is 0.0137. The van der Waals surface area contributed by atoms with Gasteiger partial charge in [0.1, 0.15) is 5.75 Å². The van der Waals surface area contributed by atoms with E-state index < -0.39 is 0 Å². The summed E-state index contributed by atoms with van der Waals surface area (Å²) in [5.41, 5.74) is 4.45. The van der Waals surface area contributed by atoms with Gasteiger partial charge in [-0.3, -0.25) is 9.59 Å². The highest BCUT2D eigenvalue weighted by atomic mass is 16.5. The van der Waals surface area contributed by atoms with E-state index >= 15 is 0 Å². The number of benzene rings is 2. The number of nitrogens with zero attached hydrogens (tertiary/aromatic N) is 1. The van der Waals surface area contributed by atoms with E-state index in [2.05, 4.69) is 6.07 Å². The van der Waals surface area contributed by atoms with Crippen molar-refractivity contribution in [1.82, 2.24) is 4.90 Å². The molecule has 148 valence electrons. The summed E-state index contributed by atoms with van der Waals surface area (Å²) in [6, 6.07) is 13.8. The summed E-state index contributed by atoms with van der Waals surface area (Å²) >= 11 is 0. The molecule has 0 heterocycles. The highest BCUT2D eigenvalue weighted by Crippen LogP contribution is 2.23. The summed E-state index contributed by atoms with van der Waals surface area (Å²) in [4.78, 5) is 26.6. The van der Waals surface area contributed by atoms with Gasteiger partial charge in [0.25, 0.3) is 0 Å². The van der Waals surface area contributed by atoms with Crippen molar-refractivity contribution in [1.29, 1.82) is 0 Å². The fourth-order valence-corrected chi connectivity index (χ4v) is 3.68. The lowest BCUT2D eigenvalue weighted by Gasteiger charge is -2.18. The summed E-state index contributed by atoms with van der Waals surface area (Å²) in [5.74, 6) is 0.868. The molecule has 0 fully saturated rings. The van der Waals surface area contributed by atoms with Gasteiger partial charge in [-0.15, -0.1) is 0 Å². The van der Waals surface area contributed by atoms with Crippen molar-refractivity contribution in [2.75, 3.05) is 13.7 Å². The van der Waals surface area contributed by atoms with E-state index in [-0.39, 0.29) is 24.5 Å². The Labute approximate surface area is 167 Å². The molecule has 0 atom stereocenters. The van der Waals surface area contributed by atoms with Crippen molar-refractivity contribution >= 4 is 11.7 Å². The smallest absolute Gasteiger partial charge is 0.223 e. The van der Waals surface area contributed by atoms with Crippen molar-refractivity contribution < 1.29 is 14.3 Å². The molecule has 0 bridgehead atoms. The molecule has 4 heteroatoms. The Morgan fingerprint density at radius 2 is 1.68 bits per heavy atom. The van der Waals surface area contributed by atoms with Crippen LogP contribution in [0.15, 0.2) is 42.5 Å². The summed E-state index contributed by atoms with van der Waals surface area (Å²) in [6.45, 7) is 3.11. The van der Waals surface area contributed by atoms with E-state index in [1.165, 1.54) is 24.0 Å². The van der Waals surface area contributed by atoms with Crippen LogP contribution in [0.25, 0.3) is 0 Å². The molecule has 0 unspecified atom stereocenters. The lowest BCUT2D eigenvalue weighted by atomic mass is 9.89. The van der Waals surface area contributed by atoms with E-state index in [4.69, 9.17) is 4.74 Å². The van der Waals surface area contributed by atoms with E-state index in [1.807, 2.05) is 43.3 Å². The topological polar surface area (TPSA) is 46.6 Å². The van der Waals surface area contributed by atoms with Crippen LogP contribution >= 0.6 is 0 Å². The van der Waals surface area contributed by atoms with Crippen LogP contribution in [-0.4, -0.2) is 30.2 Å². The van der Waals surface area contributed by atoms with Crippen LogP contribution in [0, 0.1) is 0 Å². The Kier molecular flexibility index (Phi) is 6.85. The number of Topliss-reactive ketones (excluding diaryl/α,β-unsaturated/α-hetero) is 1. The predicted octanol–water partition coefficient (Wildman–Crippen LogP) is 4.59.